The average molecular weight is 478 g/mol. The summed E-state index contributed by atoms with van der Waals surface area (Å²) in [5, 5.41) is 10.7. The van der Waals surface area contributed by atoms with Gasteiger partial charge in [-0.15, -0.1) is 0 Å². The first kappa shape index (κ1) is 23.6. The highest BCUT2D eigenvalue weighted by Gasteiger charge is 2.41. The van der Waals surface area contributed by atoms with Crippen LogP contribution in [0.3, 0.4) is 0 Å². The fraction of sp³-hybridized carbons (Fsp3) is 0.519. The van der Waals surface area contributed by atoms with Gasteiger partial charge in [0.25, 0.3) is 0 Å². The van der Waals surface area contributed by atoms with E-state index in [-0.39, 0.29) is 11.8 Å². The van der Waals surface area contributed by atoms with E-state index in [4.69, 9.17) is 4.52 Å². The number of nitrogens with zero attached hydrogens (tertiary/aromatic N) is 3. The molecule has 3 aromatic rings. The Kier molecular flexibility index (Phi) is 6.40. The van der Waals surface area contributed by atoms with E-state index in [1.54, 1.807) is 6.20 Å². The predicted octanol–water partition coefficient (Wildman–Crippen LogP) is 3.65. The largest absolute Gasteiger partial charge is 0.368 e. The van der Waals surface area contributed by atoms with Crippen LogP contribution in [0.1, 0.15) is 62.4 Å². The van der Waals surface area contributed by atoms with Crippen LogP contribution in [-0.2, 0) is 16.6 Å². The number of amides is 1. The van der Waals surface area contributed by atoms with Gasteiger partial charge in [-0.1, -0.05) is 31.1 Å². The third kappa shape index (κ3) is 4.24. The summed E-state index contributed by atoms with van der Waals surface area (Å²) < 4.78 is 6.99. The van der Waals surface area contributed by atoms with Crippen molar-refractivity contribution in [2.75, 3.05) is 24.5 Å². The molecule has 186 valence electrons. The van der Waals surface area contributed by atoms with E-state index in [0.29, 0.717) is 42.6 Å². The fourth-order valence-corrected chi connectivity index (χ4v) is 5.90. The van der Waals surface area contributed by atoms with E-state index in [9.17, 15) is 9.59 Å². The van der Waals surface area contributed by atoms with Crippen molar-refractivity contribution >= 4 is 28.6 Å². The molecule has 2 aliphatic heterocycles. The molecular weight excluding hydrogens is 442 g/mol. The number of fused-ring (bicyclic) bond motifs is 3. The highest BCUT2D eigenvalue weighted by Crippen LogP contribution is 2.38. The molecule has 5 rings (SSSR count). The van der Waals surface area contributed by atoms with Crippen molar-refractivity contribution in [3.8, 4) is 0 Å². The third-order valence-electron chi connectivity index (χ3n) is 8.03. The van der Waals surface area contributed by atoms with Gasteiger partial charge in [-0.2, -0.15) is 0 Å². The summed E-state index contributed by atoms with van der Waals surface area (Å²) >= 11 is 0. The molecule has 2 fully saturated rings. The lowest BCUT2D eigenvalue weighted by Gasteiger charge is -2.34. The van der Waals surface area contributed by atoms with Crippen molar-refractivity contribution in [1.29, 1.82) is 0 Å². The molecular formula is C27H35N5O3. The lowest BCUT2D eigenvalue weighted by atomic mass is 9.75. The van der Waals surface area contributed by atoms with Gasteiger partial charge < -0.3 is 20.1 Å². The highest BCUT2D eigenvalue weighted by atomic mass is 16.5. The molecule has 2 N–H and O–H groups in total. The number of anilines is 1. The molecule has 2 aromatic heterocycles. The molecule has 0 aliphatic carbocycles. The second-order valence-corrected chi connectivity index (χ2v) is 9.98. The lowest BCUT2D eigenvalue weighted by molar-refractivity contribution is -0.127. The van der Waals surface area contributed by atoms with Crippen LogP contribution in [0.5, 0.6) is 0 Å². The molecule has 2 atom stereocenters. The summed E-state index contributed by atoms with van der Waals surface area (Å²) in [6.07, 6.45) is 7.76. The van der Waals surface area contributed by atoms with Crippen LogP contribution in [-0.4, -0.2) is 53.3 Å². The highest BCUT2D eigenvalue weighted by molar-refractivity contribution is 5.96. The van der Waals surface area contributed by atoms with Gasteiger partial charge in [-0.05, 0) is 49.8 Å². The van der Waals surface area contributed by atoms with E-state index in [1.165, 1.54) is 41.8 Å². The Morgan fingerprint density at radius 3 is 2.46 bits per heavy atom. The molecule has 2 aliphatic rings. The van der Waals surface area contributed by atoms with Crippen LogP contribution < -0.4 is 15.5 Å². The fourth-order valence-electron chi connectivity index (χ4n) is 5.90. The van der Waals surface area contributed by atoms with Crippen LogP contribution in [0.25, 0.3) is 11.1 Å². The van der Waals surface area contributed by atoms with Gasteiger partial charge in [0.2, 0.25) is 11.8 Å². The Bertz CT molecular complexity index is 1200. The van der Waals surface area contributed by atoms with Crippen LogP contribution in [0.15, 0.2) is 41.2 Å². The number of carbonyl (C=O) groups excluding carboxylic acids is 2. The van der Waals surface area contributed by atoms with E-state index in [1.807, 2.05) is 13.8 Å². The van der Waals surface area contributed by atoms with Crippen molar-refractivity contribution in [2.24, 2.45) is 0 Å². The van der Waals surface area contributed by atoms with Crippen LogP contribution in [0.2, 0.25) is 0 Å². The number of aromatic nitrogens is 2. The minimum atomic E-state index is -0.788. The number of piperazine rings is 1. The average Bonchev–Trinajstić information content (AvgIpc) is 3.56. The Hall–Kier alpha value is -3.13. The quantitative estimate of drug-likeness (QED) is 0.515. The van der Waals surface area contributed by atoms with E-state index in [0.717, 1.165) is 25.1 Å². The zero-order chi connectivity index (χ0) is 24.6. The zero-order valence-electron chi connectivity index (χ0n) is 20.8. The molecule has 2 saturated heterocycles. The first-order valence-electron chi connectivity index (χ1n) is 12.8. The number of hydrogen-bond donors (Lipinski definition) is 2. The van der Waals surface area contributed by atoms with Crippen LogP contribution >= 0.6 is 0 Å². The van der Waals surface area contributed by atoms with Crippen LogP contribution in [0.4, 0.5) is 5.69 Å². The first-order chi connectivity index (χ1) is 16.9. The number of rotatable bonds is 8. The Morgan fingerprint density at radius 2 is 1.83 bits per heavy atom. The predicted molar refractivity (Wildman–Crippen MR) is 136 cm³/mol. The summed E-state index contributed by atoms with van der Waals surface area (Å²) in [6.45, 7) is 8.19. The van der Waals surface area contributed by atoms with Gasteiger partial charge in [-0.3, -0.25) is 14.2 Å². The lowest BCUT2D eigenvalue weighted by Crippen LogP contribution is -2.51. The number of benzene rings is 1. The topological polar surface area (TPSA) is 92.4 Å². The van der Waals surface area contributed by atoms with Crippen molar-refractivity contribution in [1.82, 2.24) is 20.4 Å². The van der Waals surface area contributed by atoms with Crippen LogP contribution in [0, 0.1) is 0 Å². The molecule has 2 bridgehead atoms. The maximum absolute atomic E-state index is 13.5. The van der Waals surface area contributed by atoms with E-state index < -0.39 is 5.41 Å². The van der Waals surface area contributed by atoms with Crippen molar-refractivity contribution in [3.63, 3.8) is 0 Å². The number of nitrogens with one attached hydrogen (secondary N) is 2. The van der Waals surface area contributed by atoms with Gasteiger partial charge in [0.15, 0.2) is 5.58 Å². The number of carbonyl (C=O) groups is 2. The van der Waals surface area contributed by atoms with Gasteiger partial charge >= 0.3 is 0 Å². The SMILES string of the molecule is CCC(CC)(C(=O)NCCc1ccc(N2CC3CCC(C2)N3)cc1)c1cn(C(C)=O)c2cnoc12. The zero-order valence-corrected chi connectivity index (χ0v) is 20.8. The molecule has 0 radical (unpaired) electrons. The second-order valence-electron chi connectivity index (χ2n) is 9.98. The standard InChI is InChI=1S/C27H35N5O3/c1-4-27(5-2,23-17-32(18(3)33)24-14-29-35-25(23)24)26(34)28-13-12-19-6-10-22(11-7-19)31-15-20-8-9-21(16-31)30-20/h6-7,10-11,14,17,20-21,30H,4-5,8-9,12-13,15-16H2,1-3H3,(H,28,34). The minimum Gasteiger partial charge on any atom is -0.368 e. The van der Waals surface area contributed by atoms with Gasteiger partial charge in [-0.25, -0.2) is 0 Å². The Morgan fingerprint density at radius 1 is 1.14 bits per heavy atom. The maximum Gasteiger partial charge on any atom is 0.230 e. The second kappa shape index (κ2) is 9.49. The van der Waals surface area contributed by atoms with Crippen molar-refractivity contribution in [3.05, 3.63) is 47.8 Å². The van der Waals surface area contributed by atoms with E-state index in [2.05, 4.69) is 45.0 Å². The molecule has 0 spiro atoms. The molecule has 8 nitrogen and oxygen atoms in total. The molecule has 2 unspecified atom stereocenters. The molecule has 0 saturated carbocycles. The number of hydrogen-bond acceptors (Lipinski definition) is 6. The first-order valence-corrected chi connectivity index (χ1v) is 12.8. The normalized spacial score (nSPS) is 19.9. The van der Waals surface area contributed by atoms with E-state index >= 15 is 0 Å². The smallest absolute Gasteiger partial charge is 0.230 e. The van der Waals surface area contributed by atoms with Gasteiger partial charge in [0.05, 0.1) is 11.6 Å². The maximum atomic E-state index is 13.5. The summed E-state index contributed by atoms with van der Waals surface area (Å²) in [5.74, 6) is -0.183. The summed E-state index contributed by atoms with van der Waals surface area (Å²) in [6, 6.07) is 9.98. The van der Waals surface area contributed by atoms with Gasteiger partial charge in [0, 0.05) is 56.1 Å². The Balaban J connectivity index is 1.25. The molecule has 8 heteroatoms. The molecule has 4 heterocycles. The van der Waals surface area contributed by atoms with Crippen molar-refractivity contribution in [2.45, 2.75) is 70.4 Å². The summed E-state index contributed by atoms with van der Waals surface area (Å²) in [5.41, 5.74) is 3.52. The van der Waals surface area contributed by atoms with Crippen molar-refractivity contribution < 1.29 is 14.1 Å². The molecule has 1 aromatic carbocycles. The summed E-state index contributed by atoms with van der Waals surface area (Å²) in [4.78, 5) is 28.1. The molecule has 1 amide bonds. The molecule has 35 heavy (non-hydrogen) atoms. The monoisotopic (exact) mass is 477 g/mol. The third-order valence-corrected chi connectivity index (χ3v) is 8.03. The minimum absolute atomic E-state index is 0.0468. The summed E-state index contributed by atoms with van der Waals surface area (Å²) in [7, 11) is 0. The van der Waals surface area contributed by atoms with Gasteiger partial charge in [0.1, 0.15) is 5.52 Å². The Labute approximate surface area is 206 Å².